The van der Waals surface area contributed by atoms with Gasteiger partial charge >= 0.3 is 6.03 Å². The Bertz CT molecular complexity index is 1370. The second-order valence-corrected chi connectivity index (χ2v) is 11.9. The average molecular weight is 557 g/mol. The van der Waals surface area contributed by atoms with Crippen molar-refractivity contribution in [3.8, 4) is 11.6 Å². The Morgan fingerprint density at radius 2 is 1.79 bits per heavy atom. The topological polar surface area (TPSA) is 99.2 Å². The van der Waals surface area contributed by atoms with E-state index in [1.54, 1.807) is 52.4 Å². The molecule has 2 aromatic carbocycles. The zero-order valence-electron chi connectivity index (χ0n) is 21.0. The van der Waals surface area contributed by atoms with Crippen molar-refractivity contribution in [3.05, 3.63) is 77.4 Å². The maximum Gasteiger partial charge on any atom is 0.325 e. The first-order valence-corrected chi connectivity index (χ1v) is 14.3. The zero-order valence-corrected chi connectivity index (χ0v) is 22.6. The van der Waals surface area contributed by atoms with Crippen LogP contribution in [0, 0.1) is 0 Å². The molecule has 200 valence electrons. The smallest absolute Gasteiger partial charge is 0.325 e. The number of likely N-dealkylation sites (N-methyl/N-ethyl adjacent to an activating group) is 1. The molecule has 0 aliphatic carbocycles. The van der Waals surface area contributed by atoms with Crippen molar-refractivity contribution in [1.82, 2.24) is 24.3 Å². The van der Waals surface area contributed by atoms with Gasteiger partial charge < -0.3 is 14.5 Å². The Kier molecular flexibility index (Phi) is 7.80. The first-order chi connectivity index (χ1) is 18.3. The molecule has 3 heterocycles. The van der Waals surface area contributed by atoms with Crippen molar-refractivity contribution in [1.29, 1.82) is 0 Å². The summed E-state index contributed by atoms with van der Waals surface area (Å²) in [7, 11) is -1.51. The summed E-state index contributed by atoms with van der Waals surface area (Å²) >= 11 is 6.10. The van der Waals surface area contributed by atoms with Crippen LogP contribution in [-0.4, -0.2) is 90.8 Å². The minimum absolute atomic E-state index is 0.101. The summed E-state index contributed by atoms with van der Waals surface area (Å²) in [6.45, 7) is 2.75. The van der Waals surface area contributed by atoms with E-state index in [4.69, 9.17) is 16.3 Å². The van der Waals surface area contributed by atoms with Crippen molar-refractivity contribution in [3.63, 3.8) is 0 Å². The normalized spacial score (nSPS) is 19.2. The van der Waals surface area contributed by atoms with E-state index in [-0.39, 0.29) is 24.4 Å². The first kappa shape index (κ1) is 26.4. The predicted molar refractivity (Wildman–Crippen MR) is 145 cm³/mol. The van der Waals surface area contributed by atoms with Crippen LogP contribution < -0.4 is 9.64 Å². The molecule has 0 saturated carbocycles. The van der Waals surface area contributed by atoms with Crippen LogP contribution in [-0.2, 0) is 10.0 Å². The van der Waals surface area contributed by atoms with Crippen LogP contribution in [0.5, 0.6) is 11.6 Å². The van der Waals surface area contributed by atoms with E-state index in [9.17, 15) is 13.2 Å². The third-order valence-electron chi connectivity index (χ3n) is 6.77. The lowest BCUT2D eigenvalue weighted by Gasteiger charge is -2.32. The number of benzene rings is 2. The van der Waals surface area contributed by atoms with Gasteiger partial charge in [0.15, 0.2) is 0 Å². The molecule has 2 aliphatic rings. The number of amides is 2. The van der Waals surface area contributed by atoms with E-state index in [2.05, 4.69) is 15.1 Å². The summed E-state index contributed by atoms with van der Waals surface area (Å²) in [6, 6.07) is 17.3. The van der Waals surface area contributed by atoms with Gasteiger partial charge in [-0.2, -0.15) is 9.40 Å². The largest absolute Gasteiger partial charge is 0.438 e. The molecule has 2 aliphatic heterocycles. The number of aromatic nitrogens is 2. The minimum Gasteiger partial charge on any atom is -0.438 e. The molecule has 0 N–H and O–H groups in total. The summed E-state index contributed by atoms with van der Waals surface area (Å²) in [4.78, 5) is 19.0. The Balaban J connectivity index is 1.38. The van der Waals surface area contributed by atoms with Crippen LogP contribution in [0.3, 0.4) is 0 Å². The van der Waals surface area contributed by atoms with Crippen LogP contribution in [0.25, 0.3) is 0 Å². The average Bonchev–Trinajstić information content (AvgIpc) is 3.25. The summed E-state index contributed by atoms with van der Waals surface area (Å²) in [5.41, 5.74) is 1.52. The van der Waals surface area contributed by atoms with Gasteiger partial charge in [-0.3, -0.25) is 4.90 Å². The lowest BCUT2D eigenvalue weighted by Crippen LogP contribution is -2.49. The molecule has 2 fully saturated rings. The molecule has 2 saturated heterocycles. The molecule has 12 heteroatoms. The van der Waals surface area contributed by atoms with Crippen molar-refractivity contribution < 1.29 is 17.9 Å². The maximum absolute atomic E-state index is 13.6. The van der Waals surface area contributed by atoms with Gasteiger partial charge in [0.1, 0.15) is 5.75 Å². The van der Waals surface area contributed by atoms with Gasteiger partial charge in [0.2, 0.25) is 15.9 Å². The number of hydrogen-bond donors (Lipinski definition) is 0. The highest BCUT2D eigenvalue weighted by molar-refractivity contribution is 7.89. The van der Waals surface area contributed by atoms with E-state index in [1.165, 1.54) is 4.31 Å². The number of sulfonamides is 1. The van der Waals surface area contributed by atoms with E-state index in [1.807, 2.05) is 31.3 Å². The third kappa shape index (κ3) is 5.91. The van der Waals surface area contributed by atoms with E-state index in [0.717, 1.165) is 5.56 Å². The molecule has 3 aromatic rings. The quantitative estimate of drug-likeness (QED) is 0.419. The number of piperazine rings is 1. The summed E-state index contributed by atoms with van der Waals surface area (Å²) in [5, 5.41) is 8.36. The summed E-state index contributed by atoms with van der Waals surface area (Å²) in [5.74, 6) is 0.791. The highest BCUT2D eigenvalue weighted by Crippen LogP contribution is 2.36. The van der Waals surface area contributed by atoms with Crippen molar-refractivity contribution in [2.24, 2.45) is 0 Å². The molecule has 5 rings (SSSR count). The summed E-state index contributed by atoms with van der Waals surface area (Å²) < 4.78 is 33.4. The number of carbonyl (C=O) groups excluding carboxylic acids is 1. The number of nitrogens with zero attached hydrogens (tertiary/aromatic N) is 6. The molecule has 0 radical (unpaired) electrons. The second kappa shape index (κ2) is 11.2. The van der Waals surface area contributed by atoms with Gasteiger partial charge in [0.25, 0.3) is 0 Å². The van der Waals surface area contributed by atoms with Crippen molar-refractivity contribution >= 4 is 33.3 Å². The lowest BCUT2D eigenvalue weighted by molar-refractivity contribution is 0.218. The molecule has 0 unspecified atom stereocenters. The van der Waals surface area contributed by atoms with E-state index >= 15 is 0 Å². The van der Waals surface area contributed by atoms with Crippen molar-refractivity contribution in [2.45, 2.75) is 6.04 Å². The van der Waals surface area contributed by atoms with Crippen LogP contribution in [0.4, 0.5) is 10.5 Å². The standard InChI is InChI=1S/C26H29ClN6O4S/c1-30-12-14-32(15-13-30)38(35,36)17-16-31-19-24(33(26(31)34)22-9-7-21(27)8-10-22)20-4-2-5-23(18-20)37-25-6-3-11-28-29-25/h2-11,18,24H,12-17,19H2,1H3/t24-/m1/s1. The molecule has 10 nitrogen and oxygen atoms in total. The van der Waals surface area contributed by atoms with Gasteiger partial charge in [0.05, 0.1) is 11.8 Å². The predicted octanol–water partition coefficient (Wildman–Crippen LogP) is 3.48. The fourth-order valence-electron chi connectivity index (χ4n) is 4.66. The maximum atomic E-state index is 13.6. The van der Waals surface area contributed by atoms with Gasteiger partial charge in [0, 0.05) is 62.2 Å². The number of rotatable bonds is 8. The first-order valence-electron chi connectivity index (χ1n) is 12.4. The lowest BCUT2D eigenvalue weighted by atomic mass is 10.1. The number of ether oxygens (including phenoxy) is 1. The van der Waals surface area contributed by atoms with E-state index < -0.39 is 10.0 Å². The van der Waals surface area contributed by atoms with Gasteiger partial charge in [-0.15, -0.1) is 5.10 Å². The second-order valence-electron chi connectivity index (χ2n) is 9.35. The van der Waals surface area contributed by atoms with Crippen LogP contribution in [0.1, 0.15) is 11.6 Å². The van der Waals surface area contributed by atoms with Gasteiger partial charge in [-0.1, -0.05) is 23.7 Å². The third-order valence-corrected chi connectivity index (χ3v) is 8.88. The fraction of sp³-hybridized carbons (Fsp3) is 0.346. The number of hydrogen-bond acceptors (Lipinski definition) is 7. The highest BCUT2D eigenvalue weighted by atomic mass is 35.5. The monoisotopic (exact) mass is 556 g/mol. The number of carbonyl (C=O) groups is 1. The Morgan fingerprint density at radius 3 is 2.50 bits per heavy atom. The van der Waals surface area contributed by atoms with Gasteiger partial charge in [-0.25, -0.2) is 13.2 Å². The molecule has 1 atom stereocenters. The Labute approximate surface area is 227 Å². The molecule has 0 spiro atoms. The molecule has 38 heavy (non-hydrogen) atoms. The molecule has 0 bridgehead atoms. The minimum atomic E-state index is -3.48. The van der Waals surface area contributed by atoms with Crippen molar-refractivity contribution in [2.75, 3.05) is 57.0 Å². The Hall–Kier alpha value is -3.25. The summed E-state index contributed by atoms with van der Waals surface area (Å²) in [6.07, 6.45) is 1.57. The number of halogens is 1. The van der Waals surface area contributed by atoms with E-state index in [0.29, 0.717) is 55.1 Å². The van der Waals surface area contributed by atoms with Crippen LogP contribution in [0.2, 0.25) is 5.02 Å². The van der Waals surface area contributed by atoms with Crippen LogP contribution >= 0.6 is 11.6 Å². The zero-order chi connectivity index (χ0) is 26.7. The van der Waals surface area contributed by atoms with Gasteiger partial charge in [-0.05, 0) is 55.1 Å². The molecular weight excluding hydrogens is 528 g/mol. The number of urea groups is 1. The number of anilines is 1. The SMILES string of the molecule is CN1CCN(S(=O)(=O)CCN2C[C@H](c3cccc(Oc4cccnn4)c3)N(c3ccc(Cl)cc3)C2=O)CC1. The Morgan fingerprint density at radius 1 is 1.03 bits per heavy atom. The molecule has 1 aromatic heterocycles. The highest BCUT2D eigenvalue weighted by Gasteiger charge is 2.40. The van der Waals surface area contributed by atoms with Crippen LogP contribution in [0.15, 0.2) is 66.9 Å². The molecule has 2 amide bonds. The fourth-order valence-corrected chi connectivity index (χ4v) is 6.21. The molecular formula is C26H29ClN6O4S.